The molecule has 0 aromatic heterocycles. The van der Waals surface area contributed by atoms with Gasteiger partial charge in [-0.2, -0.15) is 10.5 Å². The minimum Gasteiger partial charge on any atom is -0.193 e. The summed E-state index contributed by atoms with van der Waals surface area (Å²) in [5.41, 5.74) is 2.07. The minimum atomic E-state index is 0.569. The van der Waals surface area contributed by atoms with Gasteiger partial charge in [0.05, 0.1) is 17.7 Å². The highest BCUT2D eigenvalue weighted by Gasteiger charge is 2.20. The highest BCUT2D eigenvalue weighted by Crippen LogP contribution is 2.36. The molecule has 18 heavy (non-hydrogen) atoms. The number of hydrogen-bond donors (Lipinski definition) is 0. The van der Waals surface area contributed by atoms with Crippen LogP contribution in [0.5, 0.6) is 0 Å². The van der Waals surface area contributed by atoms with Gasteiger partial charge in [0, 0.05) is 6.08 Å². The number of rotatable bonds is 2. The maximum absolute atomic E-state index is 8.77. The third kappa shape index (κ3) is 2.99. The minimum absolute atomic E-state index is 0.569. The molecular formula is C16H16N2. The standard InChI is InChI=1S/C16H16N2/c17-11-1-2-13-3-7-15(8-4-13)16-9-5-14(12-18)6-10-16/h1-2,5-6,9-10,13,15H,3-4,7-8H2/b2-1+. The zero-order valence-corrected chi connectivity index (χ0v) is 10.3. The molecule has 1 aromatic carbocycles. The second-order valence-electron chi connectivity index (χ2n) is 4.83. The van der Waals surface area contributed by atoms with E-state index in [1.807, 2.05) is 18.2 Å². The molecule has 90 valence electrons. The molecule has 0 unspecified atom stereocenters. The van der Waals surface area contributed by atoms with Gasteiger partial charge in [-0.1, -0.05) is 18.2 Å². The van der Waals surface area contributed by atoms with Gasteiger partial charge in [0.15, 0.2) is 0 Å². The maximum Gasteiger partial charge on any atom is 0.0991 e. The largest absolute Gasteiger partial charge is 0.193 e. The zero-order valence-electron chi connectivity index (χ0n) is 10.3. The molecule has 1 aliphatic carbocycles. The van der Waals surface area contributed by atoms with E-state index in [1.54, 1.807) is 6.08 Å². The molecule has 0 aliphatic heterocycles. The first-order valence-electron chi connectivity index (χ1n) is 6.40. The zero-order chi connectivity index (χ0) is 12.8. The first kappa shape index (κ1) is 12.4. The lowest BCUT2D eigenvalue weighted by molar-refractivity contribution is 0.376. The number of benzene rings is 1. The lowest BCUT2D eigenvalue weighted by atomic mass is 9.78. The van der Waals surface area contributed by atoms with Gasteiger partial charge in [0.2, 0.25) is 0 Å². The summed E-state index contributed by atoms with van der Waals surface area (Å²) in [6.45, 7) is 0. The molecule has 0 spiro atoms. The predicted octanol–water partition coefficient (Wildman–Crippen LogP) is 3.91. The molecule has 1 saturated carbocycles. The van der Waals surface area contributed by atoms with Crippen molar-refractivity contribution in [2.45, 2.75) is 31.6 Å². The lowest BCUT2D eigenvalue weighted by Gasteiger charge is -2.26. The van der Waals surface area contributed by atoms with Crippen LogP contribution in [0.15, 0.2) is 36.4 Å². The number of allylic oxidation sites excluding steroid dienone is 2. The molecule has 2 heteroatoms. The quantitative estimate of drug-likeness (QED) is 0.731. The van der Waals surface area contributed by atoms with Crippen LogP contribution >= 0.6 is 0 Å². The molecule has 2 nitrogen and oxygen atoms in total. The molecule has 2 rings (SSSR count). The van der Waals surface area contributed by atoms with Gasteiger partial charge < -0.3 is 0 Å². The Labute approximate surface area is 108 Å². The normalized spacial score (nSPS) is 23.4. The van der Waals surface area contributed by atoms with Gasteiger partial charge in [-0.25, -0.2) is 0 Å². The second kappa shape index (κ2) is 6.03. The summed E-state index contributed by atoms with van der Waals surface area (Å²) < 4.78 is 0. The van der Waals surface area contributed by atoms with E-state index < -0.39 is 0 Å². The van der Waals surface area contributed by atoms with Crippen LogP contribution in [0.1, 0.15) is 42.7 Å². The van der Waals surface area contributed by atoms with Crippen molar-refractivity contribution in [3.63, 3.8) is 0 Å². The molecular weight excluding hydrogens is 220 g/mol. The predicted molar refractivity (Wildman–Crippen MR) is 70.6 cm³/mol. The number of nitriles is 2. The van der Waals surface area contributed by atoms with E-state index in [0.29, 0.717) is 11.8 Å². The monoisotopic (exact) mass is 236 g/mol. The van der Waals surface area contributed by atoms with Gasteiger partial charge in [0.25, 0.3) is 0 Å². The maximum atomic E-state index is 8.77. The third-order valence-electron chi connectivity index (χ3n) is 3.73. The van der Waals surface area contributed by atoms with E-state index >= 15 is 0 Å². The highest BCUT2D eigenvalue weighted by atomic mass is 14.3. The Morgan fingerprint density at radius 3 is 2.22 bits per heavy atom. The van der Waals surface area contributed by atoms with Crippen molar-refractivity contribution < 1.29 is 0 Å². The molecule has 1 fully saturated rings. The molecule has 1 aliphatic rings. The van der Waals surface area contributed by atoms with Crippen molar-refractivity contribution >= 4 is 0 Å². The van der Waals surface area contributed by atoms with Gasteiger partial charge in [0.1, 0.15) is 0 Å². The van der Waals surface area contributed by atoms with Gasteiger partial charge in [-0.05, 0) is 55.2 Å². The van der Waals surface area contributed by atoms with E-state index in [4.69, 9.17) is 10.5 Å². The fourth-order valence-electron chi connectivity index (χ4n) is 2.65. The molecule has 0 bridgehead atoms. The number of hydrogen-bond acceptors (Lipinski definition) is 2. The summed E-state index contributed by atoms with van der Waals surface area (Å²) in [5.74, 6) is 1.18. The van der Waals surface area contributed by atoms with Crippen molar-refractivity contribution in [3.05, 3.63) is 47.5 Å². The van der Waals surface area contributed by atoms with Crippen LogP contribution in [0, 0.1) is 28.6 Å². The summed E-state index contributed by atoms with van der Waals surface area (Å²) in [6.07, 6.45) is 8.30. The highest BCUT2D eigenvalue weighted by molar-refractivity contribution is 5.33. The van der Waals surface area contributed by atoms with Crippen LogP contribution in [-0.4, -0.2) is 0 Å². The van der Waals surface area contributed by atoms with E-state index in [-0.39, 0.29) is 0 Å². The molecule has 0 amide bonds. The van der Waals surface area contributed by atoms with Crippen molar-refractivity contribution in [3.8, 4) is 12.1 Å². The Hall–Kier alpha value is -2.06. The van der Waals surface area contributed by atoms with Crippen LogP contribution in [0.4, 0.5) is 0 Å². The van der Waals surface area contributed by atoms with E-state index in [2.05, 4.69) is 24.3 Å². The SMILES string of the molecule is N#C/C=C/C1CCC(c2ccc(C#N)cc2)CC1. The summed E-state index contributed by atoms with van der Waals surface area (Å²) in [6, 6.07) is 12.2. The summed E-state index contributed by atoms with van der Waals surface area (Å²) >= 11 is 0. The second-order valence-corrected chi connectivity index (χ2v) is 4.83. The molecule has 0 saturated heterocycles. The average molecular weight is 236 g/mol. The first-order chi connectivity index (χ1) is 8.83. The third-order valence-corrected chi connectivity index (χ3v) is 3.73. The first-order valence-corrected chi connectivity index (χ1v) is 6.40. The fourth-order valence-corrected chi connectivity index (χ4v) is 2.65. The van der Waals surface area contributed by atoms with Gasteiger partial charge in [-0.15, -0.1) is 0 Å². The summed E-state index contributed by atoms with van der Waals surface area (Å²) in [7, 11) is 0. The van der Waals surface area contributed by atoms with Crippen LogP contribution in [0.2, 0.25) is 0 Å². The van der Waals surface area contributed by atoms with E-state index in [9.17, 15) is 0 Å². The van der Waals surface area contributed by atoms with Crippen LogP contribution < -0.4 is 0 Å². The Morgan fingerprint density at radius 2 is 1.67 bits per heavy atom. The van der Waals surface area contributed by atoms with Crippen molar-refractivity contribution in [1.29, 1.82) is 10.5 Å². The Balaban J connectivity index is 1.95. The van der Waals surface area contributed by atoms with E-state index in [1.165, 1.54) is 18.4 Å². The molecule has 0 radical (unpaired) electrons. The van der Waals surface area contributed by atoms with E-state index in [0.717, 1.165) is 18.4 Å². The van der Waals surface area contributed by atoms with Crippen LogP contribution in [0.3, 0.4) is 0 Å². The molecule has 0 N–H and O–H groups in total. The molecule has 0 heterocycles. The Morgan fingerprint density at radius 1 is 1.00 bits per heavy atom. The van der Waals surface area contributed by atoms with Crippen molar-refractivity contribution in [1.82, 2.24) is 0 Å². The Kier molecular flexibility index (Phi) is 4.15. The van der Waals surface area contributed by atoms with Crippen molar-refractivity contribution in [2.75, 3.05) is 0 Å². The lowest BCUT2D eigenvalue weighted by Crippen LogP contribution is -2.11. The molecule has 0 atom stereocenters. The van der Waals surface area contributed by atoms with Gasteiger partial charge >= 0.3 is 0 Å². The topological polar surface area (TPSA) is 47.6 Å². The van der Waals surface area contributed by atoms with Crippen LogP contribution in [0.25, 0.3) is 0 Å². The molecule has 1 aromatic rings. The van der Waals surface area contributed by atoms with Crippen molar-refractivity contribution in [2.24, 2.45) is 5.92 Å². The fraction of sp³-hybridized carbons (Fsp3) is 0.375. The average Bonchev–Trinajstić information content (AvgIpc) is 2.46. The Bertz CT molecular complexity index is 491. The summed E-state index contributed by atoms with van der Waals surface area (Å²) in [5, 5.41) is 17.3. The van der Waals surface area contributed by atoms with Crippen LogP contribution in [-0.2, 0) is 0 Å². The summed E-state index contributed by atoms with van der Waals surface area (Å²) in [4.78, 5) is 0. The smallest absolute Gasteiger partial charge is 0.0991 e. The number of nitrogens with zero attached hydrogens (tertiary/aromatic N) is 2. The van der Waals surface area contributed by atoms with Gasteiger partial charge in [-0.3, -0.25) is 0 Å².